The van der Waals surface area contributed by atoms with E-state index in [1.54, 1.807) is 20.4 Å². The number of hydrogen-bond acceptors (Lipinski definition) is 4. The van der Waals surface area contributed by atoms with Crippen LogP contribution in [0.3, 0.4) is 0 Å². The number of aliphatic imine (C=N–C) groups is 1. The van der Waals surface area contributed by atoms with Crippen molar-refractivity contribution in [3.05, 3.63) is 29.8 Å². The molecule has 0 bridgehead atoms. The van der Waals surface area contributed by atoms with Gasteiger partial charge in [-0.05, 0) is 17.7 Å². The van der Waals surface area contributed by atoms with Crippen molar-refractivity contribution in [1.29, 1.82) is 0 Å². The van der Waals surface area contributed by atoms with Crippen LogP contribution in [-0.4, -0.2) is 39.2 Å². The van der Waals surface area contributed by atoms with Gasteiger partial charge in [0.05, 0.1) is 6.54 Å². The molecule has 1 aromatic carbocycles. The number of ether oxygens (including phenoxy) is 2. The molecular formula is C13H18N2O3. The molecule has 1 N–H and O–H groups in total. The van der Waals surface area contributed by atoms with E-state index in [0.717, 1.165) is 11.3 Å². The van der Waals surface area contributed by atoms with E-state index in [4.69, 9.17) is 9.47 Å². The molecule has 0 spiro atoms. The van der Waals surface area contributed by atoms with Gasteiger partial charge in [0.1, 0.15) is 0 Å². The number of methoxy groups -OCH3 is 2. The second-order valence-corrected chi connectivity index (χ2v) is 3.70. The molecule has 0 heterocycles. The molecule has 0 aliphatic heterocycles. The molecule has 98 valence electrons. The number of nitrogens with one attached hydrogen (secondary N) is 1. The van der Waals surface area contributed by atoms with E-state index in [-0.39, 0.29) is 12.2 Å². The Hall–Kier alpha value is -1.72. The smallest absolute Gasteiger partial charge is 0.221 e. The maximum atomic E-state index is 10.8. The molecule has 0 atom stereocenters. The first-order chi connectivity index (χ1) is 8.65. The normalized spacial score (nSPS) is 11.1. The Balaban J connectivity index is 2.52. The zero-order valence-electron chi connectivity index (χ0n) is 10.8. The average Bonchev–Trinajstić information content (AvgIpc) is 2.36. The van der Waals surface area contributed by atoms with Crippen LogP contribution < -0.4 is 5.32 Å². The fourth-order valence-electron chi connectivity index (χ4n) is 1.35. The molecule has 0 unspecified atom stereocenters. The molecule has 0 aliphatic rings. The first kappa shape index (κ1) is 14.3. The molecule has 18 heavy (non-hydrogen) atoms. The molecule has 1 aromatic rings. The first-order valence-corrected chi connectivity index (χ1v) is 5.58. The number of benzene rings is 1. The number of amides is 1. The number of hydrogen-bond donors (Lipinski definition) is 1. The van der Waals surface area contributed by atoms with Crippen LogP contribution in [0.25, 0.3) is 0 Å². The summed E-state index contributed by atoms with van der Waals surface area (Å²) in [6.07, 6.45) is 1.42. The summed E-state index contributed by atoms with van der Waals surface area (Å²) >= 11 is 0. The zero-order chi connectivity index (χ0) is 13.4. The highest BCUT2D eigenvalue weighted by atomic mass is 16.7. The Morgan fingerprint density at radius 3 is 2.44 bits per heavy atom. The minimum absolute atomic E-state index is 0.0838. The number of carbonyl (C=O) groups is 1. The van der Waals surface area contributed by atoms with Crippen LogP contribution >= 0.6 is 0 Å². The summed E-state index contributed by atoms with van der Waals surface area (Å²) in [6, 6.07) is 7.41. The lowest BCUT2D eigenvalue weighted by molar-refractivity contribution is -0.114. The summed E-state index contributed by atoms with van der Waals surface area (Å²) < 4.78 is 10.0. The van der Waals surface area contributed by atoms with Crippen molar-refractivity contribution in [3.63, 3.8) is 0 Å². The van der Waals surface area contributed by atoms with Gasteiger partial charge in [-0.2, -0.15) is 0 Å². The SMILES string of the molecule is COC(C/N=C\c1ccc(NC(C)=O)cc1)OC. The van der Waals surface area contributed by atoms with Gasteiger partial charge in [0.25, 0.3) is 0 Å². The van der Waals surface area contributed by atoms with Crippen molar-refractivity contribution in [2.45, 2.75) is 13.2 Å². The lowest BCUT2D eigenvalue weighted by Crippen LogP contribution is -2.16. The van der Waals surface area contributed by atoms with Crippen molar-refractivity contribution in [3.8, 4) is 0 Å². The van der Waals surface area contributed by atoms with Crippen molar-refractivity contribution in [1.82, 2.24) is 0 Å². The molecule has 5 heteroatoms. The molecule has 0 aliphatic carbocycles. The summed E-state index contributed by atoms with van der Waals surface area (Å²) in [4.78, 5) is 15.1. The van der Waals surface area contributed by atoms with Gasteiger partial charge >= 0.3 is 0 Å². The fraction of sp³-hybridized carbons (Fsp3) is 0.385. The summed E-state index contributed by atoms with van der Waals surface area (Å²) in [5.74, 6) is -0.0838. The van der Waals surface area contributed by atoms with Crippen LogP contribution in [0, 0.1) is 0 Å². The van der Waals surface area contributed by atoms with Gasteiger partial charge in [-0.15, -0.1) is 0 Å². The van der Waals surface area contributed by atoms with E-state index in [0.29, 0.717) is 6.54 Å². The van der Waals surface area contributed by atoms with Gasteiger partial charge in [0.15, 0.2) is 6.29 Å². The number of anilines is 1. The Morgan fingerprint density at radius 1 is 1.33 bits per heavy atom. The average molecular weight is 250 g/mol. The highest BCUT2D eigenvalue weighted by Gasteiger charge is 2.01. The van der Waals surface area contributed by atoms with E-state index >= 15 is 0 Å². The minimum Gasteiger partial charge on any atom is -0.354 e. The third-order valence-electron chi connectivity index (χ3n) is 2.25. The van der Waals surface area contributed by atoms with Crippen LogP contribution in [0.2, 0.25) is 0 Å². The lowest BCUT2D eigenvalue weighted by atomic mass is 10.2. The van der Waals surface area contributed by atoms with Gasteiger partial charge in [0, 0.05) is 33.0 Å². The Morgan fingerprint density at radius 2 is 1.94 bits per heavy atom. The molecule has 0 saturated heterocycles. The second kappa shape index (κ2) is 7.58. The highest BCUT2D eigenvalue weighted by molar-refractivity contribution is 5.89. The third-order valence-corrected chi connectivity index (χ3v) is 2.25. The van der Waals surface area contributed by atoms with Gasteiger partial charge in [-0.1, -0.05) is 12.1 Å². The van der Waals surface area contributed by atoms with Gasteiger partial charge < -0.3 is 14.8 Å². The Bertz CT molecular complexity index is 397. The Kier molecular flexibility index (Phi) is 6.04. The van der Waals surface area contributed by atoms with Gasteiger partial charge in [-0.3, -0.25) is 9.79 Å². The lowest BCUT2D eigenvalue weighted by Gasteiger charge is -2.09. The quantitative estimate of drug-likeness (QED) is 0.617. The van der Waals surface area contributed by atoms with Crippen molar-refractivity contribution in [2.75, 3.05) is 26.1 Å². The summed E-state index contributed by atoms with van der Waals surface area (Å²) in [5, 5.41) is 2.70. The van der Waals surface area contributed by atoms with Gasteiger partial charge in [0.2, 0.25) is 5.91 Å². The minimum atomic E-state index is -0.320. The van der Waals surface area contributed by atoms with E-state index in [2.05, 4.69) is 10.3 Å². The third kappa shape index (κ3) is 5.07. The van der Waals surface area contributed by atoms with Crippen LogP contribution in [-0.2, 0) is 14.3 Å². The van der Waals surface area contributed by atoms with Crippen molar-refractivity contribution in [2.24, 2.45) is 4.99 Å². The molecular weight excluding hydrogens is 232 g/mol. The fourth-order valence-corrected chi connectivity index (χ4v) is 1.35. The Labute approximate surface area is 107 Å². The van der Waals surface area contributed by atoms with E-state index in [1.165, 1.54) is 6.92 Å². The van der Waals surface area contributed by atoms with Crippen molar-refractivity contribution >= 4 is 17.8 Å². The predicted octanol–water partition coefficient (Wildman–Crippen LogP) is 1.68. The first-order valence-electron chi connectivity index (χ1n) is 5.58. The van der Waals surface area contributed by atoms with Crippen LogP contribution in [0.15, 0.2) is 29.3 Å². The van der Waals surface area contributed by atoms with Crippen LogP contribution in [0.4, 0.5) is 5.69 Å². The number of carbonyl (C=O) groups excluding carboxylic acids is 1. The molecule has 0 aromatic heterocycles. The summed E-state index contributed by atoms with van der Waals surface area (Å²) in [6.45, 7) is 1.92. The zero-order valence-corrected chi connectivity index (χ0v) is 10.8. The van der Waals surface area contributed by atoms with E-state index < -0.39 is 0 Å². The standard InChI is InChI=1S/C13H18N2O3/c1-10(16)15-12-6-4-11(5-7-12)8-14-9-13(17-2)18-3/h4-8,13H,9H2,1-3H3,(H,15,16)/b14-8-. The molecule has 0 saturated carbocycles. The molecule has 0 fully saturated rings. The van der Waals surface area contributed by atoms with Crippen LogP contribution in [0.5, 0.6) is 0 Å². The van der Waals surface area contributed by atoms with Gasteiger partial charge in [-0.25, -0.2) is 0 Å². The molecule has 1 amide bonds. The van der Waals surface area contributed by atoms with E-state index in [9.17, 15) is 4.79 Å². The number of rotatable bonds is 6. The van der Waals surface area contributed by atoms with Crippen LogP contribution in [0.1, 0.15) is 12.5 Å². The molecule has 0 radical (unpaired) electrons. The summed E-state index contributed by atoms with van der Waals surface area (Å²) in [5.41, 5.74) is 1.72. The predicted molar refractivity (Wildman–Crippen MR) is 71.0 cm³/mol. The molecule has 5 nitrogen and oxygen atoms in total. The molecule has 1 rings (SSSR count). The topological polar surface area (TPSA) is 59.9 Å². The monoisotopic (exact) mass is 250 g/mol. The largest absolute Gasteiger partial charge is 0.354 e. The van der Waals surface area contributed by atoms with Crippen molar-refractivity contribution < 1.29 is 14.3 Å². The maximum Gasteiger partial charge on any atom is 0.221 e. The second-order valence-electron chi connectivity index (χ2n) is 3.70. The highest BCUT2D eigenvalue weighted by Crippen LogP contribution is 2.08. The van der Waals surface area contributed by atoms with E-state index in [1.807, 2.05) is 24.3 Å². The number of nitrogens with zero attached hydrogens (tertiary/aromatic N) is 1. The maximum absolute atomic E-state index is 10.8. The summed E-state index contributed by atoms with van der Waals surface area (Å²) in [7, 11) is 3.15.